The standard InChI is InChI=1S/C16H15BrN2O2S/c1-11-2-6-13(7-3-11)18-16(22)19-15(20)10-21-14-8-4-12(17)5-9-14/h2-9H,10H2,1H3,(H2,18,19,20,22). The van der Waals surface area contributed by atoms with Crippen molar-refractivity contribution in [3.8, 4) is 5.75 Å². The topological polar surface area (TPSA) is 50.4 Å². The zero-order valence-corrected chi connectivity index (χ0v) is 14.3. The average Bonchev–Trinajstić information content (AvgIpc) is 2.49. The summed E-state index contributed by atoms with van der Waals surface area (Å²) in [4.78, 5) is 11.8. The highest BCUT2D eigenvalue weighted by Crippen LogP contribution is 2.15. The number of benzene rings is 2. The van der Waals surface area contributed by atoms with Gasteiger partial charge in [0.1, 0.15) is 5.75 Å². The normalized spacial score (nSPS) is 9.91. The second-order valence-corrected chi connectivity index (χ2v) is 5.93. The molecule has 2 rings (SSSR count). The molecule has 1 amide bonds. The van der Waals surface area contributed by atoms with Gasteiger partial charge in [-0.25, -0.2) is 0 Å². The molecule has 2 N–H and O–H groups in total. The van der Waals surface area contributed by atoms with E-state index in [2.05, 4.69) is 26.6 Å². The van der Waals surface area contributed by atoms with Gasteiger partial charge < -0.3 is 10.1 Å². The van der Waals surface area contributed by atoms with Crippen molar-refractivity contribution < 1.29 is 9.53 Å². The molecule has 2 aromatic rings. The van der Waals surface area contributed by atoms with Gasteiger partial charge in [-0.3, -0.25) is 10.1 Å². The first-order valence-corrected chi connectivity index (χ1v) is 7.79. The Balaban J connectivity index is 1.77. The number of thiocarbonyl (C=S) groups is 1. The fourth-order valence-electron chi connectivity index (χ4n) is 1.64. The molecular formula is C16H15BrN2O2S. The first kappa shape index (κ1) is 16.5. The summed E-state index contributed by atoms with van der Waals surface area (Å²) >= 11 is 8.42. The van der Waals surface area contributed by atoms with Crippen molar-refractivity contribution in [3.63, 3.8) is 0 Å². The number of halogens is 1. The minimum atomic E-state index is -0.312. The summed E-state index contributed by atoms with van der Waals surface area (Å²) in [6.07, 6.45) is 0. The van der Waals surface area contributed by atoms with Crippen LogP contribution < -0.4 is 15.4 Å². The van der Waals surface area contributed by atoms with Gasteiger partial charge in [-0.2, -0.15) is 0 Å². The molecule has 2 aromatic carbocycles. The number of hydrogen-bond acceptors (Lipinski definition) is 3. The number of rotatable bonds is 4. The van der Waals surface area contributed by atoms with Crippen molar-refractivity contribution in [1.29, 1.82) is 0 Å². The third kappa shape index (κ3) is 5.46. The zero-order valence-electron chi connectivity index (χ0n) is 11.9. The fourth-order valence-corrected chi connectivity index (χ4v) is 2.14. The maximum absolute atomic E-state index is 11.8. The summed E-state index contributed by atoms with van der Waals surface area (Å²) in [6.45, 7) is 1.90. The smallest absolute Gasteiger partial charge is 0.264 e. The highest BCUT2D eigenvalue weighted by Gasteiger charge is 2.06. The molecule has 0 saturated carbocycles. The van der Waals surface area contributed by atoms with Crippen molar-refractivity contribution >= 4 is 44.9 Å². The van der Waals surface area contributed by atoms with Crippen LogP contribution in [0.15, 0.2) is 53.0 Å². The lowest BCUT2D eigenvalue weighted by Crippen LogP contribution is -2.37. The molecule has 0 radical (unpaired) electrons. The number of nitrogens with one attached hydrogen (secondary N) is 2. The van der Waals surface area contributed by atoms with E-state index in [1.165, 1.54) is 0 Å². The van der Waals surface area contributed by atoms with Crippen molar-refractivity contribution in [2.45, 2.75) is 6.92 Å². The van der Waals surface area contributed by atoms with E-state index < -0.39 is 0 Å². The second kappa shape index (κ2) is 7.91. The summed E-state index contributed by atoms with van der Waals surface area (Å²) in [7, 11) is 0. The average molecular weight is 379 g/mol. The lowest BCUT2D eigenvalue weighted by atomic mass is 10.2. The number of amides is 1. The Morgan fingerprint density at radius 3 is 2.41 bits per heavy atom. The maximum atomic E-state index is 11.8. The molecule has 0 heterocycles. The van der Waals surface area contributed by atoms with E-state index >= 15 is 0 Å². The van der Waals surface area contributed by atoms with E-state index in [9.17, 15) is 4.79 Å². The van der Waals surface area contributed by atoms with Crippen LogP contribution in [0.5, 0.6) is 5.75 Å². The van der Waals surface area contributed by atoms with Crippen LogP contribution in [0.4, 0.5) is 5.69 Å². The predicted molar refractivity (Wildman–Crippen MR) is 95.2 cm³/mol. The molecule has 0 bridgehead atoms. The largest absolute Gasteiger partial charge is 0.484 e. The van der Waals surface area contributed by atoms with Gasteiger partial charge in [-0.1, -0.05) is 33.6 Å². The second-order valence-electron chi connectivity index (χ2n) is 4.61. The molecule has 4 nitrogen and oxygen atoms in total. The van der Waals surface area contributed by atoms with Gasteiger partial charge in [-0.05, 0) is 55.5 Å². The lowest BCUT2D eigenvalue weighted by Gasteiger charge is -2.10. The molecule has 0 aliphatic carbocycles. The molecule has 0 aliphatic rings. The van der Waals surface area contributed by atoms with Gasteiger partial charge in [0.15, 0.2) is 11.7 Å². The van der Waals surface area contributed by atoms with Crippen molar-refractivity contribution in [2.75, 3.05) is 11.9 Å². The number of ether oxygens (including phenoxy) is 1. The van der Waals surface area contributed by atoms with Gasteiger partial charge in [0, 0.05) is 10.2 Å². The number of aryl methyl sites for hydroxylation is 1. The summed E-state index contributed by atoms with van der Waals surface area (Å²) in [5.74, 6) is 0.309. The Labute approximate surface area is 143 Å². The molecule has 0 unspecified atom stereocenters. The van der Waals surface area contributed by atoms with Crippen LogP contribution >= 0.6 is 28.1 Å². The molecule has 0 saturated heterocycles. The summed E-state index contributed by atoms with van der Waals surface area (Å²) < 4.78 is 6.32. The summed E-state index contributed by atoms with van der Waals surface area (Å²) in [5, 5.41) is 5.76. The molecule has 0 aromatic heterocycles. The minimum absolute atomic E-state index is 0.0999. The van der Waals surface area contributed by atoms with Gasteiger partial charge in [-0.15, -0.1) is 0 Å². The Morgan fingerprint density at radius 1 is 1.14 bits per heavy atom. The van der Waals surface area contributed by atoms with E-state index in [1.807, 2.05) is 43.3 Å². The third-order valence-corrected chi connectivity index (χ3v) is 3.48. The zero-order chi connectivity index (χ0) is 15.9. The molecule has 114 valence electrons. The third-order valence-electron chi connectivity index (χ3n) is 2.75. The van der Waals surface area contributed by atoms with Crippen LogP contribution in [0.1, 0.15) is 5.56 Å². The maximum Gasteiger partial charge on any atom is 0.264 e. The van der Waals surface area contributed by atoms with E-state index in [-0.39, 0.29) is 17.6 Å². The monoisotopic (exact) mass is 378 g/mol. The van der Waals surface area contributed by atoms with Crippen LogP contribution in [-0.2, 0) is 4.79 Å². The number of carbonyl (C=O) groups is 1. The van der Waals surface area contributed by atoms with Gasteiger partial charge >= 0.3 is 0 Å². The van der Waals surface area contributed by atoms with Crippen LogP contribution in [0.25, 0.3) is 0 Å². The number of hydrogen-bond donors (Lipinski definition) is 2. The Morgan fingerprint density at radius 2 is 1.77 bits per heavy atom. The van der Waals surface area contributed by atoms with Gasteiger partial charge in [0.2, 0.25) is 0 Å². The van der Waals surface area contributed by atoms with Crippen LogP contribution in [-0.4, -0.2) is 17.6 Å². The Kier molecular flexibility index (Phi) is 5.91. The van der Waals surface area contributed by atoms with Crippen molar-refractivity contribution in [1.82, 2.24) is 5.32 Å². The SMILES string of the molecule is Cc1ccc(NC(=S)NC(=O)COc2ccc(Br)cc2)cc1. The molecule has 0 aliphatic heterocycles. The van der Waals surface area contributed by atoms with Crippen LogP contribution in [0.2, 0.25) is 0 Å². The van der Waals surface area contributed by atoms with Gasteiger partial charge in [0.25, 0.3) is 5.91 Å². The Bertz CT molecular complexity index is 657. The number of carbonyl (C=O) groups excluding carboxylic acids is 1. The van der Waals surface area contributed by atoms with Gasteiger partial charge in [0.05, 0.1) is 0 Å². The summed E-state index contributed by atoms with van der Waals surface area (Å²) in [6, 6.07) is 15.0. The molecular weight excluding hydrogens is 364 g/mol. The molecule has 0 atom stereocenters. The fraction of sp³-hybridized carbons (Fsp3) is 0.125. The molecule has 0 spiro atoms. The highest BCUT2D eigenvalue weighted by atomic mass is 79.9. The van der Waals surface area contributed by atoms with E-state index in [0.717, 1.165) is 15.7 Å². The molecule has 22 heavy (non-hydrogen) atoms. The van der Waals surface area contributed by atoms with Crippen LogP contribution in [0.3, 0.4) is 0 Å². The van der Waals surface area contributed by atoms with E-state index in [0.29, 0.717) is 5.75 Å². The van der Waals surface area contributed by atoms with Crippen molar-refractivity contribution in [3.05, 3.63) is 58.6 Å². The lowest BCUT2D eigenvalue weighted by molar-refractivity contribution is -0.121. The quantitative estimate of drug-likeness (QED) is 0.797. The predicted octanol–water partition coefficient (Wildman–Crippen LogP) is 3.65. The van der Waals surface area contributed by atoms with Crippen LogP contribution in [0, 0.1) is 6.92 Å². The highest BCUT2D eigenvalue weighted by molar-refractivity contribution is 9.10. The first-order chi connectivity index (χ1) is 10.5. The minimum Gasteiger partial charge on any atom is -0.484 e. The first-order valence-electron chi connectivity index (χ1n) is 6.59. The van der Waals surface area contributed by atoms with Crippen molar-refractivity contribution in [2.24, 2.45) is 0 Å². The number of anilines is 1. The molecule has 6 heteroatoms. The molecule has 0 fully saturated rings. The summed E-state index contributed by atoms with van der Waals surface area (Å²) in [5.41, 5.74) is 1.98. The Hall–Kier alpha value is -1.92. The van der Waals surface area contributed by atoms with E-state index in [1.54, 1.807) is 12.1 Å². The van der Waals surface area contributed by atoms with E-state index in [4.69, 9.17) is 17.0 Å².